The zero-order valence-corrected chi connectivity index (χ0v) is 11.7. The van der Waals surface area contributed by atoms with Crippen molar-refractivity contribution in [3.8, 4) is 5.75 Å². The molecule has 2 N–H and O–H groups in total. The monoisotopic (exact) mass is 263 g/mol. The number of nitrogens with two attached hydrogens (primary N) is 1. The molecular formula is C14H21N3O2. The van der Waals surface area contributed by atoms with Crippen molar-refractivity contribution in [1.82, 2.24) is 9.80 Å². The number of amides is 1. The Kier molecular flexibility index (Phi) is 3.95. The Balaban J connectivity index is 2.12. The molecule has 1 aromatic carbocycles. The van der Waals surface area contributed by atoms with Crippen LogP contribution in [0, 0.1) is 0 Å². The van der Waals surface area contributed by atoms with Gasteiger partial charge < -0.3 is 20.3 Å². The van der Waals surface area contributed by atoms with Crippen LogP contribution in [0.1, 0.15) is 16.8 Å². The minimum absolute atomic E-state index is 0.0441. The van der Waals surface area contributed by atoms with Gasteiger partial charge in [-0.05, 0) is 38.7 Å². The van der Waals surface area contributed by atoms with Gasteiger partial charge in [-0.2, -0.15) is 0 Å². The molecule has 1 heterocycles. The third-order valence-electron chi connectivity index (χ3n) is 3.66. The van der Waals surface area contributed by atoms with Crippen LogP contribution in [0.2, 0.25) is 0 Å². The van der Waals surface area contributed by atoms with Gasteiger partial charge in [0.1, 0.15) is 5.75 Å². The van der Waals surface area contributed by atoms with Crippen LogP contribution in [0.4, 0.5) is 5.69 Å². The number of nitrogens with zero attached hydrogens (tertiary/aromatic N) is 2. The van der Waals surface area contributed by atoms with E-state index in [1.54, 1.807) is 25.3 Å². The van der Waals surface area contributed by atoms with E-state index in [0.29, 0.717) is 23.0 Å². The van der Waals surface area contributed by atoms with E-state index in [1.165, 1.54) is 0 Å². The summed E-state index contributed by atoms with van der Waals surface area (Å²) in [6, 6.07) is 5.62. The van der Waals surface area contributed by atoms with Crippen LogP contribution in [0.3, 0.4) is 0 Å². The molecule has 1 amide bonds. The lowest BCUT2D eigenvalue weighted by molar-refractivity contribution is 0.0783. The highest BCUT2D eigenvalue weighted by atomic mass is 16.5. The van der Waals surface area contributed by atoms with Gasteiger partial charge >= 0.3 is 0 Å². The lowest BCUT2D eigenvalue weighted by atomic mass is 10.1. The summed E-state index contributed by atoms with van der Waals surface area (Å²) in [6.07, 6.45) is 1.02. The van der Waals surface area contributed by atoms with E-state index in [1.807, 2.05) is 19.0 Å². The number of ether oxygens (including phenoxy) is 1. The third-order valence-corrected chi connectivity index (χ3v) is 3.66. The summed E-state index contributed by atoms with van der Waals surface area (Å²) in [5.74, 6) is 0.594. The summed E-state index contributed by atoms with van der Waals surface area (Å²) in [5, 5.41) is 0. The van der Waals surface area contributed by atoms with Crippen LogP contribution >= 0.6 is 0 Å². The van der Waals surface area contributed by atoms with Crippen molar-refractivity contribution in [3.63, 3.8) is 0 Å². The molecule has 0 radical (unpaired) electrons. The van der Waals surface area contributed by atoms with Crippen molar-refractivity contribution in [2.24, 2.45) is 0 Å². The molecule has 1 fully saturated rings. The van der Waals surface area contributed by atoms with E-state index in [2.05, 4.69) is 4.90 Å². The zero-order valence-electron chi connectivity index (χ0n) is 11.7. The van der Waals surface area contributed by atoms with E-state index in [-0.39, 0.29) is 5.91 Å². The van der Waals surface area contributed by atoms with Gasteiger partial charge in [0.05, 0.1) is 12.8 Å². The Morgan fingerprint density at radius 3 is 2.79 bits per heavy atom. The van der Waals surface area contributed by atoms with Crippen molar-refractivity contribution in [1.29, 1.82) is 0 Å². The van der Waals surface area contributed by atoms with E-state index in [4.69, 9.17) is 10.5 Å². The highest BCUT2D eigenvalue weighted by Crippen LogP contribution is 2.24. The van der Waals surface area contributed by atoms with Crippen molar-refractivity contribution < 1.29 is 9.53 Å². The van der Waals surface area contributed by atoms with Crippen LogP contribution in [-0.4, -0.2) is 56.0 Å². The third kappa shape index (κ3) is 2.81. The maximum Gasteiger partial charge on any atom is 0.254 e. The van der Waals surface area contributed by atoms with Gasteiger partial charge in [0, 0.05) is 24.7 Å². The molecule has 19 heavy (non-hydrogen) atoms. The first-order valence-electron chi connectivity index (χ1n) is 6.42. The molecule has 0 aromatic heterocycles. The Morgan fingerprint density at radius 1 is 1.47 bits per heavy atom. The number of benzene rings is 1. The Morgan fingerprint density at radius 2 is 2.21 bits per heavy atom. The van der Waals surface area contributed by atoms with E-state index in [0.717, 1.165) is 19.5 Å². The number of nitrogen functional groups attached to an aromatic ring is 1. The molecule has 5 heteroatoms. The van der Waals surface area contributed by atoms with Crippen LogP contribution in [0.15, 0.2) is 18.2 Å². The van der Waals surface area contributed by atoms with E-state index < -0.39 is 0 Å². The highest BCUT2D eigenvalue weighted by Gasteiger charge is 2.28. The summed E-state index contributed by atoms with van der Waals surface area (Å²) in [7, 11) is 5.65. The van der Waals surface area contributed by atoms with Crippen molar-refractivity contribution in [2.75, 3.05) is 40.0 Å². The number of hydrogen-bond acceptors (Lipinski definition) is 4. The molecule has 0 saturated carbocycles. The second-order valence-electron chi connectivity index (χ2n) is 5.11. The molecule has 1 aliphatic heterocycles. The van der Waals surface area contributed by atoms with Crippen LogP contribution in [0.25, 0.3) is 0 Å². The second kappa shape index (κ2) is 5.48. The minimum Gasteiger partial charge on any atom is -0.495 e. The average molecular weight is 263 g/mol. The van der Waals surface area contributed by atoms with Crippen molar-refractivity contribution in [3.05, 3.63) is 23.8 Å². The Labute approximate surface area is 113 Å². The van der Waals surface area contributed by atoms with Gasteiger partial charge in [-0.25, -0.2) is 0 Å². The van der Waals surface area contributed by atoms with Crippen molar-refractivity contribution >= 4 is 11.6 Å². The fraction of sp³-hybridized carbons (Fsp3) is 0.500. The molecule has 1 aliphatic rings. The Hall–Kier alpha value is -1.75. The lowest BCUT2D eigenvalue weighted by Crippen LogP contribution is -2.34. The smallest absolute Gasteiger partial charge is 0.254 e. The first kappa shape index (κ1) is 13.7. The number of hydrogen-bond donors (Lipinski definition) is 1. The molecule has 0 bridgehead atoms. The van der Waals surface area contributed by atoms with Gasteiger partial charge in [-0.15, -0.1) is 0 Å². The topological polar surface area (TPSA) is 58.8 Å². The fourth-order valence-corrected chi connectivity index (χ4v) is 2.37. The SMILES string of the molecule is COc1cc(C(=O)N2CCC(N(C)C)C2)ccc1N. The number of carbonyl (C=O) groups is 1. The molecule has 1 unspecified atom stereocenters. The van der Waals surface area contributed by atoms with E-state index in [9.17, 15) is 4.79 Å². The predicted molar refractivity (Wildman–Crippen MR) is 75.4 cm³/mol. The quantitative estimate of drug-likeness (QED) is 0.828. The summed E-state index contributed by atoms with van der Waals surface area (Å²) in [5.41, 5.74) is 6.94. The van der Waals surface area contributed by atoms with E-state index >= 15 is 0 Å². The number of carbonyl (C=O) groups excluding carboxylic acids is 1. The highest BCUT2D eigenvalue weighted by molar-refractivity contribution is 5.95. The molecule has 1 atom stereocenters. The largest absolute Gasteiger partial charge is 0.495 e. The molecule has 0 aliphatic carbocycles. The summed E-state index contributed by atoms with van der Waals surface area (Å²) in [4.78, 5) is 16.5. The average Bonchev–Trinajstić information content (AvgIpc) is 2.88. The number of rotatable bonds is 3. The van der Waals surface area contributed by atoms with Crippen molar-refractivity contribution in [2.45, 2.75) is 12.5 Å². The fourth-order valence-electron chi connectivity index (χ4n) is 2.37. The first-order valence-corrected chi connectivity index (χ1v) is 6.42. The van der Waals surface area contributed by atoms with Gasteiger partial charge in [0.2, 0.25) is 0 Å². The van der Waals surface area contributed by atoms with Gasteiger partial charge in [-0.3, -0.25) is 4.79 Å². The van der Waals surface area contributed by atoms with Gasteiger partial charge in [0.15, 0.2) is 0 Å². The molecule has 2 rings (SSSR count). The molecule has 1 saturated heterocycles. The zero-order chi connectivity index (χ0) is 14.0. The molecule has 0 spiro atoms. The maximum absolute atomic E-state index is 12.4. The number of anilines is 1. The summed E-state index contributed by atoms with van der Waals surface area (Å²) < 4.78 is 5.15. The van der Waals surface area contributed by atoms with Crippen LogP contribution in [-0.2, 0) is 0 Å². The predicted octanol–water partition coefficient (Wildman–Crippen LogP) is 1.05. The number of likely N-dealkylation sites (N-methyl/N-ethyl adjacent to an activating group) is 1. The molecular weight excluding hydrogens is 242 g/mol. The number of methoxy groups -OCH3 is 1. The standard InChI is InChI=1S/C14H21N3O2/c1-16(2)11-6-7-17(9-11)14(18)10-4-5-12(15)13(8-10)19-3/h4-5,8,11H,6-7,9,15H2,1-3H3. The molecule has 1 aromatic rings. The minimum atomic E-state index is 0.0441. The molecule has 104 valence electrons. The van der Waals surface area contributed by atoms with Gasteiger partial charge in [0.25, 0.3) is 5.91 Å². The van der Waals surface area contributed by atoms with Gasteiger partial charge in [-0.1, -0.05) is 0 Å². The maximum atomic E-state index is 12.4. The summed E-state index contributed by atoms with van der Waals surface area (Å²) >= 11 is 0. The normalized spacial score (nSPS) is 18.9. The molecule has 5 nitrogen and oxygen atoms in total. The summed E-state index contributed by atoms with van der Waals surface area (Å²) in [6.45, 7) is 1.58. The van der Waals surface area contributed by atoms with Crippen LogP contribution < -0.4 is 10.5 Å². The lowest BCUT2D eigenvalue weighted by Gasteiger charge is -2.20. The number of likely N-dealkylation sites (tertiary alicyclic amines) is 1. The second-order valence-corrected chi connectivity index (χ2v) is 5.11. The van der Waals surface area contributed by atoms with Crippen LogP contribution in [0.5, 0.6) is 5.75 Å². The Bertz CT molecular complexity index is 474. The first-order chi connectivity index (χ1) is 9.02.